The molecule has 0 radical (unpaired) electrons. The summed E-state index contributed by atoms with van der Waals surface area (Å²) in [5, 5.41) is 0. The average Bonchev–Trinajstić information content (AvgIpc) is 3.01. The van der Waals surface area contributed by atoms with Crippen LogP contribution in [0.2, 0.25) is 0 Å². The van der Waals surface area contributed by atoms with Gasteiger partial charge in [-0.25, -0.2) is 0 Å². The fourth-order valence-electron chi connectivity index (χ4n) is 4.63. The normalized spacial score (nSPS) is 14.5. The Kier molecular flexibility index (Phi) is 6.92. The van der Waals surface area contributed by atoms with Crippen LogP contribution in [0.15, 0.2) is 97.1 Å². The highest BCUT2D eigenvalue weighted by Crippen LogP contribution is 2.26. The SMILES string of the molecule is CN1C(=O)c2cccc(c2)N(C)C(=O)c2cccc(c2)N(C)C(=O)c2cccc(c2)N(C)C(=O)c2cccc1c2. The largest absolute Gasteiger partial charge is 0.311 e. The maximum absolute atomic E-state index is 13.4. The number of hydrogen-bond donors (Lipinski definition) is 0. The van der Waals surface area contributed by atoms with Crippen LogP contribution in [0, 0.1) is 0 Å². The zero-order valence-corrected chi connectivity index (χ0v) is 22.7. The topological polar surface area (TPSA) is 81.2 Å². The van der Waals surface area contributed by atoms with E-state index in [-0.39, 0.29) is 23.6 Å². The summed E-state index contributed by atoms with van der Waals surface area (Å²) in [5.74, 6) is -1.15. The second-order valence-electron chi connectivity index (χ2n) is 9.66. The number of carbonyl (C=O) groups excluding carboxylic acids is 4. The Bertz CT molecular complexity index is 1420. The van der Waals surface area contributed by atoms with E-state index >= 15 is 0 Å². The first-order chi connectivity index (χ1) is 19.2. The van der Waals surface area contributed by atoms with Gasteiger partial charge in [0, 0.05) is 73.2 Å². The van der Waals surface area contributed by atoms with Gasteiger partial charge in [0.2, 0.25) is 0 Å². The minimum absolute atomic E-state index is 0.287. The van der Waals surface area contributed by atoms with Gasteiger partial charge < -0.3 is 19.6 Å². The number of fused-ring (bicyclic) bond motifs is 8. The molecular weight excluding hydrogens is 504 g/mol. The molecule has 8 nitrogen and oxygen atoms in total. The Morgan fingerprint density at radius 3 is 0.750 bits per heavy atom. The highest BCUT2D eigenvalue weighted by molar-refractivity contribution is 6.12. The second-order valence-corrected chi connectivity index (χ2v) is 9.66. The molecule has 8 heteroatoms. The molecule has 1 aliphatic rings. The van der Waals surface area contributed by atoms with Gasteiger partial charge >= 0.3 is 0 Å². The third-order valence-electron chi connectivity index (χ3n) is 7.14. The van der Waals surface area contributed by atoms with Gasteiger partial charge in [-0.1, -0.05) is 24.3 Å². The third kappa shape index (κ3) is 4.82. The van der Waals surface area contributed by atoms with Crippen LogP contribution in [0.3, 0.4) is 0 Å². The van der Waals surface area contributed by atoms with E-state index in [2.05, 4.69) is 0 Å². The zero-order valence-electron chi connectivity index (χ0n) is 22.7. The summed E-state index contributed by atoms with van der Waals surface area (Å²) in [5.41, 5.74) is 3.70. The predicted octanol–water partition coefficient (Wildman–Crippen LogP) is 5.11. The Balaban J connectivity index is 1.65. The van der Waals surface area contributed by atoms with Crippen LogP contribution in [-0.4, -0.2) is 51.8 Å². The van der Waals surface area contributed by atoms with E-state index in [0.29, 0.717) is 45.0 Å². The monoisotopic (exact) mass is 532 g/mol. The number of hydrogen-bond acceptors (Lipinski definition) is 4. The molecule has 40 heavy (non-hydrogen) atoms. The molecule has 0 fully saturated rings. The first-order valence-corrected chi connectivity index (χ1v) is 12.7. The van der Waals surface area contributed by atoms with E-state index in [1.165, 1.54) is 19.6 Å². The van der Waals surface area contributed by atoms with Gasteiger partial charge in [0.25, 0.3) is 23.6 Å². The van der Waals surface area contributed by atoms with Crippen LogP contribution in [0.4, 0.5) is 22.7 Å². The summed E-state index contributed by atoms with van der Waals surface area (Å²) in [6.45, 7) is 0. The molecule has 0 unspecified atom stereocenters. The summed E-state index contributed by atoms with van der Waals surface area (Å²) in [4.78, 5) is 59.6. The standard InChI is InChI=1S/C32H28N4O4/c1-33-25-13-5-10-22(17-25)30(38)35(3)27-15-7-12-24(19-27)32(40)36(4)28-16-8-11-23(20-28)31(39)34(2)26-14-6-9-21(18-26)29(33)37/h5-20H,1-4H3. The lowest BCUT2D eigenvalue weighted by atomic mass is 10.1. The molecule has 8 bridgehead atoms. The molecular formula is C32H28N4O4. The highest BCUT2D eigenvalue weighted by atomic mass is 16.2. The fourth-order valence-corrected chi connectivity index (χ4v) is 4.63. The van der Waals surface area contributed by atoms with Gasteiger partial charge in [0.15, 0.2) is 0 Å². The molecule has 0 N–H and O–H groups in total. The number of nitrogens with zero attached hydrogens (tertiary/aromatic N) is 4. The summed E-state index contributed by atoms with van der Waals surface area (Å²) < 4.78 is 0. The molecule has 0 spiro atoms. The molecule has 5 rings (SSSR count). The number of benzene rings is 4. The van der Waals surface area contributed by atoms with Gasteiger partial charge in [-0.2, -0.15) is 0 Å². The van der Waals surface area contributed by atoms with Crippen LogP contribution in [0.25, 0.3) is 0 Å². The van der Waals surface area contributed by atoms with E-state index in [1.54, 1.807) is 125 Å². The van der Waals surface area contributed by atoms with Crippen molar-refractivity contribution in [3.63, 3.8) is 0 Å². The van der Waals surface area contributed by atoms with E-state index in [4.69, 9.17) is 0 Å². The average molecular weight is 533 g/mol. The van der Waals surface area contributed by atoms with Crippen LogP contribution < -0.4 is 19.6 Å². The molecule has 0 aromatic heterocycles. The van der Waals surface area contributed by atoms with Crippen molar-refractivity contribution >= 4 is 46.4 Å². The molecule has 1 heterocycles. The van der Waals surface area contributed by atoms with Gasteiger partial charge in [-0.05, 0) is 72.8 Å². The van der Waals surface area contributed by atoms with Crippen molar-refractivity contribution < 1.29 is 19.2 Å². The quantitative estimate of drug-likeness (QED) is 0.315. The molecule has 0 atom stereocenters. The summed E-state index contributed by atoms with van der Waals surface area (Å²) in [7, 11) is 6.56. The maximum atomic E-state index is 13.4. The predicted molar refractivity (Wildman–Crippen MR) is 157 cm³/mol. The van der Waals surface area contributed by atoms with E-state index in [1.807, 2.05) is 0 Å². The molecule has 4 aromatic carbocycles. The summed E-state index contributed by atoms with van der Waals surface area (Å²) in [6.07, 6.45) is 0. The first kappa shape index (κ1) is 26.4. The Labute approximate surface area is 232 Å². The van der Waals surface area contributed by atoms with Crippen LogP contribution >= 0.6 is 0 Å². The van der Waals surface area contributed by atoms with Crippen molar-refractivity contribution in [3.8, 4) is 0 Å². The lowest BCUT2D eigenvalue weighted by molar-refractivity contribution is 0.0979. The first-order valence-electron chi connectivity index (χ1n) is 12.7. The maximum Gasteiger partial charge on any atom is 0.258 e. The Hall–Kier alpha value is -5.24. The molecule has 0 aliphatic carbocycles. The Morgan fingerprint density at radius 1 is 0.350 bits per heavy atom. The lowest BCUT2D eigenvalue weighted by Crippen LogP contribution is -2.30. The van der Waals surface area contributed by atoms with Crippen molar-refractivity contribution in [2.75, 3.05) is 47.8 Å². The molecule has 4 amide bonds. The van der Waals surface area contributed by atoms with E-state index in [9.17, 15) is 19.2 Å². The van der Waals surface area contributed by atoms with Crippen molar-refractivity contribution in [3.05, 3.63) is 119 Å². The molecule has 1 aliphatic heterocycles. The number of rotatable bonds is 0. The van der Waals surface area contributed by atoms with Crippen molar-refractivity contribution in [2.24, 2.45) is 0 Å². The minimum atomic E-state index is -0.287. The van der Waals surface area contributed by atoms with Crippen LogP contribution in [0.5, 0.6) is 0 Å². The van der Waals surface area contributed by atoms with Gasteiger partial charge in [-0.3, -0.25) is 19.2 Å². The van der Waals surface area contributed by atoms with E-state index < -0.39 is 0 Å². The number of amides is 4. The van der Waals surface area contributed by atoms with Crippen molar-refractivity contribution in [1.29, 1.82) is 0 Å². The summed E-state index contributed by atoms with van der Waals surface area (Å²) >= 11 is 0. The summed E-state index contributed by atoms with van der Waals surface area (Å²) in [6, 6.07) is 27.3. The smallest absolute Gasteiger partial charge is 0.258 e. The number of carbonyl (C=O) groups is 4. The van der Waals surface area contributed by atoms with Crippen LogP contribution in [-0.2, 0) is 0 Å². The third-order valence-corrected chi connectivity index (χ3v) is 7.14. The van der Waals surface area contributed by atoms with Gasteiger partial charge in [0.1, 0.15) is 0 Å². The van der Waals surface area contributed by atoms with Crippen molar-refractivity contribution in [1.82, 2.24) is 0 Å². The van der Waals surface area contributed by atoms with Crippen LogP contribution in [0.1, 0.15) is 41.4 Å². The second kappa shape index (κ2) is 10.5. The highest BCUT2D eigenvalue weighted by Gasteiger charge is 2.22. The number of anilines is 4. The fraction of sp³-hybridized carbons (Fsp3) is 0.125. The lowest BCUT2D eigenvalue weighted by Gasteiger charge is -2.23. The Morgan fingerprint density at radius 2 is 0.550 bits per heavy atom. The molecule has 4 aromatic rings. The molecule has 0 saturated heterocycles. The zero-order chi connectivity index (χ0) is 28.6. The van der Waals surface area contributed by atoms with E-state index in [0.717, 1.165) is 0 Å². The minimum Gasteiger partial charge on any atom is -0.311 e. The molecule has 0 saturated carbocycles. The van der Waals surface area contributed by atoms with Gasteiger partial charge in [0.05, 0.1) is 0 Å². The van der Waals surface area contributed by atoms with Gasteiger partial charge in [-0.15, -0.1) is 0 Å². The molecule has 200 valence electrons. The van der Waals surface area contributed by atoms with Crippen molar-refractivity contribution in [2.45, 2.75) is 0 Å².